The molecule has 0 unspecified atom stereocenters. The number of piperidine rings is 1. The Kier molecular flexibility index (Phi) is 2.11. The van der Waals surface area contributed by atoms with Gasteiger partial charge in [0.15, 0.2) is 5.96 Å². The molecule has 0 saturated carbocycles. The molecule has 1 rings (SSSR count). The van der Waals surface area contributed by atoms with E-state index in [2.05, 4.69) is 0 Å². The van der Waals surface area contributed by atoms with Gasteiger partial charge in [0.05, 0.1) is 6.10 Å². The summed E-state index contributed by atoms with van der Waals surface area (Å²) in [7, 11) is 0. The third-order valence-electron chi connectivity index (χ3n) is 1.74. The molecule has 4 heteroatoms. The SMILES string of the molecule is N=C(N)N1CCC[C@H](O)C1. The summed E-state index contributed by atoms with van der Waals surface area (Å²) in [6.07, 6.45) is 1.47. The van der Waals surface area contributed by atoms with Crippen LogP contribution in [0.25, 0.3) is 0 Å². The number of nitrogens with one attached hydrogen (secondary N) is 1. The average Bonchev–Trinajstić information content (AvgIpc) is 1.88. The fourth-order valence-electron chi connectivity index (χ4n) is 1.17. The second-order valence-electron chi connectivity index (χ2n) is 2.63. The number of nitrogens with two attached hydrogens (primary N) is 1. The van der Waals surface area contributed by atoms with Gasteiger partial charge in [-0.25, -0.2) is 0 Å². The smallest absolute Gasteiger partial charge is 0.188 e. The van der Waals surface area contributed by atoms with Gasteiger partial charge in [-0.1, -0.05) is 0 Å². The fraction of sp³-hybridized carbons (Fsp3) is 0.833. The maximum atomic E-state index is 9.13. The van der Waals surface area contributed by atoms with E-state index in [0.717, 1.165) is 19.4 Å². The Morgan fingerprint density at radius 1 is 1.70 bits per heavy atom. The van der Waals surface area contributed by atoms with Crippen LogP contribution in [0.2, 0.25) is 0 Å². The molecule has 1 saturated heterocycles. The lowest BCUT2D eigenvalue weighted by molar-refractivity contribution is 0.102. The average molecular weight is 143 g/mol. The second-order valence-corrected chi connectivity index (χ2v) is 2.63. The summed E-state index contributed by atoms with van der Waals surface area (Å²) >= 11 is 0. The minimum Gasteiger partial charge on any atom is -0.391 e. The molecule has 0 amide bonds. The molecule has 0 aromatic carbocycles. The molecule has 1 aliphatic rings. The molecule has 4 N–H and O–H groups in total. The summed E-state index contributed by atoms with van der Waals surface area (Å²) in [4.78, 5) is 1.69. The van der Waals surface area contributed by atoms with Gasteiger partial charge in [-0.3, -0.25) is 5.41 Å². The summed E-state index contributed by atoms with van der Waals surface area (Å²) < 4.78 is 0. The van der Waals surface area contributed by atoms with Crippen molar-refractivity contribution >= 4 is 5.96 Å². The Hall–Kier alpha value is -0.770. The highest BCUT2D eigenvalue weighted by Gasteiger charge is 2.17. The van der Waals surface area contributed by atoms with Crippen molar-refractivity contribution in [1.82, 2.24) is 4.90 Å². The summed E-state index contributed by atoms with van der Waals surface area (Å²) in [5, 5.41) is 16.2. The highest BCUT2D eigenvalue weighted by Crippen LogP contribution is 2.08. The molecule has 4 nitrogen and oxygen atoms in total. The zero-order valence-corrected chi connectivity index (χ0v) is 5.88. The first-order valence-corrected chi connectivity index (χ1v) is 3.47. The number of nitrogens with zero attached hydrogens (tertiary/aromatic N) is 1. The van der Waals surface area contributed by atoms with Crippen LogP contribution in [0.1, 0.15) is 12.8 Å². The van der Waals surface area contributed by atoms with Gasteiger partial charge in [-0.15, -0.1) is 0 Å². The standard InChI is InChI=1S/C6H13N3O/c7-6(8)9-3-1-2-5(10)4-9/h5,10H,1-4H2,(H3,7,8)/t5-/m0/s1. The predicted molar refractivity (Wildman–Crippen MR) is 38.7 cm³/mol. The first kappa shape index (κ1) is 7.34. The van der Waals surface area contributed by atoms with Crippen LogP contribution < -0.4 is 5.73 Å². The van der Waals surface area contributed by atoms with Crippen LogP contribution in [-0.2, 0) is 0 Å². The molecule has 58 valence electrons. The van der Waals surface area contributed by atoms with Crippen LogP contribution in [0.15, 0.2) is 0 Å². The third-order valence-corrected chi connectivity index (χ3v) is 1.74. The molecule has 0 aromatic rings. The second kappa shape index (κ2) is 2.88. The number of hydrogen-bond acceptors (Lipinski definition) is 2. The van der Waals surface area contributed by atoms with Gasteiger partial charge < -0.3 is 15.7 Å². The van der Waals surface area contributed by atoms with Crippen LogP contribution in [0.5, 0.6) is 0 Å². The van der Waals surface area contributed by atoms with Crippen molar-refractivity contribution in [2.75, 3.05) is 13.1 Å². The molecule has 1 heterocycles. The number of aliphatic hydroxyl groups excluding tert-OH is 1. The highest BCUT2D eigenvalue weighted by atomic mass is 16.3. The van der Waals surface area contributed by atoms with Gasteiger partial charge in [0.2, 0.25) is 0 Å². The van der Waals surface area contributed by atoms with Gasteiger partial charge in [0, 0.05) is 13.1 Å². The quantitative estimate of drug-likeness (QED) is 0.311. The Morgan fingerprint density at radius 3 is 2.80 bits per heavy atom. The van der Waals surface area contributed by atoms with E-state index < -0.39 is 0 Å². The van der Waals surface area contributed by atoms with Crippen LogP contribution in [0.3, 0.4) is 0 Å². The summed E-state index contributed by atoms with van der Waals surface area (Å²) in [6, 6.07) is 0. The Bertz CT molecular complexity index is 137. The van der Waals surface area contributed by atoms with E-state index in [1.165, 1.54) is 0 Å². The molecule has 0 aliphatic carbocycles. The number of likely N-dealkylation sites (tertiary alicyclic amines) is 1. The van der Waals surface area contributed by atoms with Crippen molar-refractivity contribution in [1.29, 1.82) is 5.41 Å². The van der Waals surface area contributed by atoms with Gasteiger partial charge in [0.25, 0.3) is 0 Å². The molecule has 0 radical (unpaired) electrons. The Labute approximate surface area is 60.1 Å². The van der Waals surface area contributed by atoms with Crippen LogP contribution >= 0.6 is 0 Å². The van der Waals surface area contributed by atoms with E-state index in [-0.39, 0.29) is 12.1 Å². The number of hydrogen-bond donors (Lipinski definition) is 3. The molecule has 1 aliphatic heterocycles. The summed E-state index contributed by atoms with van der Waals surface area (Å²) in [5.74, 6) is 0.0683. The monoisotopic (exact) mass is 143 g/mol. The maximum absolute atomic E-state index is 9.13. The van der Waals surface area contributed by atoms with Crippen molar-refractivity contribution in [3.8, 4) is 0 Å². The molecular weight excluding hydrogens is 130 g/mol. The van der Waals surface area contributed by atoms with Crippen LogP contribution in [0, 0.1) is 5.41 Å². The Morgan fingerprint density at radius 2 is 2.40 bits per heavy atom. The molecule has 0 spiro atoms. The lowest BCUT2D eigenvalue weighted by atomic mass is 10.1. The molecule has 1 atom stereocenters. The topological polar surface area (TPSA) is 73.3 Å². The highest BCUT2D eigenvalue weighted by molar-refractivity contribution is 5.74. The van der Waals surface area contributed by atoms with E-state index in [1.807, 2.05) is 0 Å². The predicted octanol–water partition coefficient (Wildman–Crippen LogP) is -0.663. The van der Waals surface area contributed by atoms with Gasteiger partial charge >= 0.3 is 0 Å². The van der Waals surface area contributed by atoms with Gasteiger partial charge in [0.1, 0.15) is 0 Å². The number of β-amino-alcohol motifs (C(OH)–C–C–N with tert-alkyl or cyclic N) is 1. The fourth-order valence-corrected chi connectivity index (χ4v) is 1.17. The molecule has 1 fully saturated rings. The van der Waals surface area contributed by atoms with Crippen LogP contribution in [0.4, 0.5) is 0 Å². The number of aliphatic hydroxyl groups is 1. The van der Waals surface area contributed by atoms with Crippen molar-refractivity contribution in [2.24, 2.45) is 5.73 Å². The lowest BCUT2D eigenvalue weighted by Gasteiger charge is -2.29. The van der Waals surface area contributed by atoms with E-state index in [4.69, 9.17) is 16.2 Å². The molecular formula is C6H13N3O. The van der Waals surface area contributed by atoms with Crippen molar-refractivity contribution in [3.05, 3.63) is 0 Å². The number of rotatable bonds is 0. The van der Waals surface area contributed by atoms with Crippen molar-refractivity contribution in [2.45, 2.75) is 18.9 Å². The Balaban J connectivity index is 2.39. The minimum atomic E-state index is -0.294. The van der Waals surface area contributed by atoms with E-state index in [9.17, 15) is 0 Å². The van der Waals surface area contributed by atoms with E-state index in [1.54, 1.807) is 4.90 Å². The minimum absolute atomic E-state index is 0.0683. The van der Waals surface area contributed by atoms with Crippen LogP contribution in [-0.4, -0.2) is 35.2 Å². The molecule has 0 aromatic heterocycles. The zero-order chi connectivity index (χ0) is 7.56. The van der Waals surface area contributed by atoms with Gasteiger partial charge in [-0.2, -0.15) is 0 Å². The van der Waals surface area contributed by atoms with Gasteiger partial charge in [-0.05, 0) is 12.8 Å². The first-order chi connectivity index (χ1) is 4.70. The van der Waals surface area contributed by atoms with Crippen molar-refractivity contribution in [3.63, 3.8) is 0 Å². The number of guanidine groups is 1. The van der Waals surface area contributed by atoms with E-state index in [0.29, 0.717) is 6.54 Å². The maximum Gasteiger partial charge on any atom is 0.188 e. The van der Waals surface area contributed by atoms with Crippen molar-refractivity contribution < 1.29 is 5.11 Å². The summed E-state index contributed by atoms with van der Waals surface area (Å²) in [6.45, 7) is 1.34. The normalized spacial score (nSPS) is 26.5. The third kappa shape index (κ3) is 1.60. The zero-order valence-electron chi connectivity index (χ0n) is 5.88. The summed E-state index contributed by atoms with van der Waals surface area (Å²) in [5.41, 5.74) is 5.23. The molecule has 0 bridgehead atoms. The largest absolute Gasteiger partial charge is 0.391 e. The van der Waals surface area contributed by atoms with E-state index >= 15 is 0 Å². The lowest BCUT2D eigenvalue weighted by Crippen LogP contribution is -2.45. The molecule has 10 heavy (non-hydrogen) atoms. The first-order valence-electron chi connectivity index (χ1n) is 3.47.